The maximum Gasteiger partial charge on any atom is 0.339 e. The molecule has 5 heteroatoms. The van der Waals surface area contributed by atoms with Crippen molar-refractivity contribution < 1.29 is 19.4 Å². The minimum atomic E-state index is -0.617. The van der Waals surface area contributed by atoms with Crippen LogP contribution < -0.4 is 4.74 Å². The SMILES string of the molecule is COC(=O)c1cc(CO)c(OC)cc1C#N. The van der Waals surface area contributed by atoms with Gasteiger partial charge in [0.05, 0.1) is 32.0 Å². The number of carbonyl (C=O) groups excluding carboxylic acids is 1. The molecule has 0 saturated carbocycles. The molecule has 16 heavy (non-hydrogen) atoms. The standard InChI is InChI=1S/C11H11NO4/c1-15-10-4-7(5-12)9(11(14)16-2)3-8(10)6-13/h3-4,13H,6H2,1-2H3. The second-order valence-corrected chi connectivity index (χ2v) is 2.97. The Hall–Kier alpha value is -2.06. The topological polar surface area (TPSA) is 79.6 Å². The summed E-state index contributed by atoms with van der Waals surface area (Å²) >= 11 is 0. The molecule has 1 N–H and O–H groups in total. The van der Waals surface area contributed by atoms with Gasteiger partial charge in [-0.05, 0) is 12.1 Å². The molecule has 1 rings (SSSR count). The van der Waals surface area contributed by atoms with Crippen LogP contribution in [0, 0.1) is 11.3 Å². The summed E-state index contributed by atoms with van der Waals surface area (Å²) in [5, 5.41) is 17.9. The number of aliphatic hydroxyl groups excluding tert-OH is 1. The number of rotatable bonds is 3. The zero-order chi connectivity index (χ0) is 12.1. The number of esters is 1. The summed E-state index contributed by atoms with van der Waals surface area (Å²) in [7, 11) is 2.65. The van der Waals surface area contributed by atoms with Crippen LogP contribution in [0.1, 0.15) is 21.5 Å². The van der Waals surface area contributed by atoms with E-state index in [1.54, 1.807) is 0 Å². The molecule has 1 aromatic rings. The summed E-state index contributed by atoms with van der Waals surface area (Å²) in [6.07, 6.45) is 0. The van der Waals surface area contributed by atoms with Gasteiger partial charge in [-0.15, -0.1) is 0 Å². The predicted molar refractivity (Wildman–Crippen MR) is 55.0 cm³/mol. The van der Waals surface area contributed by atoms with Crippen molar-refractivity contribution in [2.24, 2.45) is 0 Å². The maximum atomic E-state index is 11.4. The van der Waals surface area contributed by atoms with Crippen LogP contribution in [0.25, 0.3) is 0 Å². The summed E-state index contributed by atoms with van der Waals surface area (Å²) < 4.78 is 9.52. The van der Waals surface area contributed by atoms with Crippen LogP contribution in [0.2, 0.25) is 0 Å². The number of carbonyl (C=O) groups is 1. The van der Waals surface area contributed by atoms with E-state index in [0.29, 0.717) is 11.3 Å². The highest BCUT2D eigenvalue weighted by atomic mass is 16.5. The minimum absolute atomic E-state index is 0.120. The predicted octanol–water partition coefficient (Wildman–Crippen LogP) is 0.846. The van der Waals surface area contributed by atoms with Crippen LogP contribution in [0.5, 0.6) is 5.75 Å². The number of aliphatic hydroxyl groups is 1. The molecule has 0 heterocycles. The Bertz CT molecular complexity index is 448. The van der Waals surface area contributed by atoms with Crippen molar-refractivity contribution in [1.82, 2.24) is 0 Å². The Morgan fingerprint density at radius 3 is 2.62 bits per heavy atom. The van der Waals surface area contributed by atoms with Crippen LogP contribution in [-0.4, -0.2) is 25.3 Å². The van der Waals surface area contributed by atoms with Gasteiger partial charge in [-0.2, -0.15) is 5.26 Å². The molecule has 0 saturated heterocycles. The van der Waals surface area contributed by atoms with Crippen molar-refractivity contribution in [3.63, 3.8) is 0 Å². The third-order valence-corrected chi connectivity index (χ3v) is 2.12. The first-order chi connectivity index (χ1) is 7.67. The van der Waals surface area contributed by atoms with Gasteiger partial charge in [0, 0.05) is 5.56 Å². The van der Waals surface area contributed by atoms with Gasteiger partial charge in [-0.1, -0.05) is 0 Å². The Morgan fingerprint density at radius 2 is 2.19 bits per heavy atom. The Kier molecular flexibility index (Phi) is 3.86. The summed E-state index contributed by atoms with van der Waals surface area (Å²) in [4.78, 5) is 11.4. The summed E-state index contributed by atoms with van der Waals surface area (Å²) in [6, 6.07) is 4.67. The summed E-state index contributed by atoms with van der Waals surface area (Å²) in [6.45, 7) is -0.279. The van der Waals surface area contributed by atoms with E-state index in [-0.39, 0.29) is 17.7 Å². The molecule has 0 fully saturated rings. The molecule has 5 nitrogen and oxygen atoms in total. The highest BCUT2D eigenvalue weighted by molar-refractivity contribution is 5.92. The molecule has 0 unspecified atom stereocenters. The Labute approximate surface area is 92.8 Å². The Balaban J connectivity index is 3.39. The minimum Gasteiger partial charge on any atom is -0.496 e. The molecular formula is C11H11NO4. The highest BCUT2D eigenvalue weighted by Gasteiger charge is 2.16. The molecule has 0 amide bonds. The zero-order valence-corrected chi connectivity index (χ0v) is 8.98. The number of methoxy groups -OCH3 is 2. The van der Waals surface area contributed by atoms with Crippen molar-refractivity contribution in [2.75, 3.05) is 14.2 Å². The van der Waals surface area contributed by atoms with Gasteiger partial charge in [0.25, 0.3) is 0 Å². The summed E-state index contributed by atoms with van der Waals surface area (Å²) in [5.74, 6) is -0.249. The van der Waals surface area contributed by atoms with Gasteiger partial charge in [0.2, 0.25) is 0 Å². The normalized spacial score (nSPS) is 9.38. The van der Waals surface area contributed by atoms with Crippen LogP contribution in [0.3, 0.4) is 0 Å². The lowest BCUT2D eigenvalue weighted by atomic mass is 10.0. The number of ether oxygens (including phenoxy) is 2. The van der Waals surface area contributed by atoms with E-state index in [0.717, 1.165) is 0 Å². The largest absolute Gasteiger partial charge is 0.496 e. The van der Waals surface area contributed by atoms with Gasteiger partial charge in [0.15, 0.2) is 0 Å². The average molecular weight is 221 g/mol. The molecule has 0 aliphatic rings. The first-order valence-electron chi connectivity index (χ1n) is 4.48. The molecule has 0 bridgehead atoms. The molecule has 0 atom stereocenters. The third kappa shape index (κ3) is 2.12. The van der Waals surface area contributed by atoms with Gasteiger partial charge in [-0.3, -0.25) is 0 Å². The molecule has 0 aliphatic heterocycles. The first-order valence-corrected chi connectivity index (χ1v) is 4.48. The van der Waals surface area contributed by atoms with Crippen LogP contribution in [-0.2, 0) is 11.3 Å². The number of nitrogens with zero attached hydrogens (tertiary/aromatic N) is 1. The maximum absolute atomic E-state index is 11.4. The molecular weight excluding hydrogens is 210 g/mol. The highest BCUT2D eigenvalue weighted by Crippen LogP contribution is 2.24. The van der Waals surface area contributed by atoms with Crippen LogP contribution >= 0.6 is 0 Å². The van der Waals surface area contributed by atoms with Crippen molar-refractivity contribution in [1.29, 1.82) is 5.26 Å². The molecule has 0 radical (unpaired) electrons. The lowest BCUT2D eigenvalue weighted by Crippen LogP contribution is -2.06. The van der Waals surface area contributed by atoms with Gasteiger partial charge >= 0.3 is 5.97 Å². The number of hydrogen-bond acceptors (Lipinski definition) is 5. The van der Waals surface area contributed by atoms with E-state index >= 15 is 0 Å². The smallest absolute Gasteiger partial charge is 0.339 e. The molecule has 0 spiro atoms. The number of hydrogen-bond donors (Lipinski definition) is 1. The van der Waals surface area contributed by atoms with Crippen LogP contribution in [0.15, 0.2) is 12.1 Å². The van der Waals surface area contributed by atoms with E-state index < -0.39 is 5.97 Å². The van der Waals surface area contributed by atoms with Crippen molar-refractivity contribution in [3.05, 3.63) is 28.8 Å². The zero-order valence-electron chi connectivity index (χ0n) is 8.98. The average Bonchev–Trinajstić information content (AvgIpc) is 2.35. The molecule has 1 aromatic carbocycles. The fourth-order valence-corrected chi connectivity index (χ4v) is 1.31. The van der Waals surface area contributed by atoms with Gasteiger partial charge < -0.3 is 14.6 Å². The van der Waals surface area contributed by atoms with E-state index in [2.05, 4.69) is 4.74 Å². The molecule has 0 aromatic heterocycles. The van der Waals surface area contributed by atoms with E-state index in [9.17, 15) is 4.79 Å². The number of benzene rings is 1. The second-order valence-electron chi connectivity index (χ2n) is 2.97. The lowest BCUT2D eigenvalue weighted by Gasteiger charge is -2.09. The van der Waals surface area contributed by atoms with E-state index in [4.69, 9.17) is 15.1 Å². The number of nitriles is 1. The van der Waals surface area contributed by atoms with Gasteiger partial charge in [-0.25, -0.2) is 4.79 Å². The fourth-order valence-electron chi connectivity index (χ4n) is 1.31. The van der Waals surface area contributed by atoms with Crippen molar-refractivity contribution in [2.45, 2.75) is 6.61 Å². The van der Waals surface area contributed by atoms with Gasteiger partial charge in [0.1, 0.15) is 11.8 Å². The lowest BCUT2D eigenvalue weighted by molar-refractivity contribution is 0.0600. The van der Waals surface area contributed by atoms with Crippen molar-refractivity contribution >= 4 is 5.97 Å². The van der Waals surface area contributed by atoms with Crippen molar-refractivity contribution in [3.8, 4) is 11.8 Å². The van der Waals surface area contributed by atoms with Crippen LogP contribution in [0.4, 0.5) is 0 Å². The monoisotopic (exact) mass is 221 g/mol. The molecule has 84 valence electrons. The molecule has 0 aliphatic carbocycles. The fraction of sp³-hybridized carbons (Fsp3) is 0.273. The second kappa shape index (κ2) is 5.14. The quantitative estimate of drug-likeness (QED) is 0.765. The first kappa shape index (κ1) is 12.0. The van der Waals surface area contributed by atoms with E-state index in [1.807, 2.05) is 6.07 Å². The van der Waals surface area contributed by atoms with E-state index in [1.165, 1.54) is 26.4 Å². The third-order valence-electron chi connectivity index (χ3n) is 2.12. The Morgan fingerprint density at radius 1 is 1.50 bits per heavy atom. The summed E-state index contributed by atoms with van der Waals surface area (Å²) in [5.41, 5.74) is 0.706.